The number of Topliss-reactive ketones (excluding diaryl/α,β-unsaturated/α-hetero) is 1. The van der Waals surface area contributed by atoms with E-state index in [9.17, 15) is 43.8 Å². The van der Waals surface area contributed by atoms with Gasteiger partial charge in [0, 0.05) is 45.0 Å². The van der Waals surface area contributed by atoms with E-state index in [1.165, 1.54) is 85.1 Å². The normalized spacial score (nSPS) is 18.0. The van der Waals surface area contributed by atoms with Gasteiger partial charge < -0.3 is 46.9 Å². The second-order valence-electron chi connectivity index (χ2n) is 17.8. The van der Waals surface area contributed by atoms with Crippen molar-refractivity contribution in [2.24, 2.45) is 0 Å². The summed E-state index contributed by atoms with van der Waals surface area (Å²) >= 11 is 6.84. The SMILES string of the molecule is CC=C(NC(=O)c1csc(-c2csc(-c3ccc4c(n3)-c3csc(n3)[C@H]([C@@H](C)OC)NC(=O)c3csc(n3)[C@H](C(C)(C)O)NC(=O)c3csc(n3)C(=CC)NC(=O)[C@H]([C@@H](C)O)NC(=O)c3csc-4n3)n2)n1)C(=O)NCC(C)=O. The summed E-state index contributed by atoms with van der Waals surface area (Å²) in [5.41, 5.74) is 0.461. The first-order valence-corrected chi connectivity index (χ1v) is 28.8. The van der Waals surface area contributed by atoms with E-state index in [4.69, 9.17) is 19.7 Å². The summed E-state index contributed by atoms with van der Waals surface area (Å²) in [4.78, 5) is 126. The van der Waals surface area contributed by atoms with Gasteiger partial charge in [-0.2, -0.15) is 0 Å². The van der Waals surface area contributed by atoms with Crippen molar-refractivity contribution in [3.05, 3.63) is 100 Å². The summed E-state index contributed by atoms with van der Waals surface area (Å²) in [5, 5.41) is 49.7. The number of pyridine rings is 1. The van der Waals surface area contributed by atoms with Gasteiger partial charge in [-0.1, -0.05) is 12.2 Å². The molecule has 0 radical (unpaired) electrons. The molecule has 6 amide bonds. The number of nitrogens with one attached hydrogen (secondary N) is 6. The molecule has 0 unspecified atom stereocenters. The topological polar surface area (TPSA) is 332 Å². The van der Waals surface area contributed by atoms with Crippen molar-refractivity contribution in [3.8, 4) is 43.4 Å². The molecule has 5 atom stereocenters. The van der Waals surface area contributed by atoms with Crippen molar-refractivity contribution in [1.29, 1.82) is 0 Å². The van der Waals surface area contributed by atoms with Gasteiger partial charge in [0.1, 0.15) is 99.5 Å². The number of carbonyl (C=O) groups is 7. The van der Waals surface area contributed by atoms with Crippen LogP contribution in [0.2, 0.25) is 0 Å². The lowest BCUT2D eigenvalue weighted by molar-refractivity contribution is -0.124. The number of carbonyl (C=O) groups excluding carboxylic acids is 7. The summed E-state index contributed by atoms with van der Waals surface area (Å²) in [5.74, 6) is -4.35. The van der Waals surface area contributed by atoms with E-state index in [1.807, 2.05) is 0 Å². The van der Waals surface area contributed by atoms with Gasteiger partial charge >= 0.3 is 0 Å². The average molecular weight is 1170 g/mol. The monoisotopic (exact) mass is 1170 g/mol. The quantitative estimate of drug-likeness (QED) is 0.0737. The lowest BCUT2D eigenvalue weighted by atomic mass is 9.99. The largest absolute Gasteiger partial charge is 0.391 e. The standard InChI is InChI=1S/C49H49N13O10S6/c1-9-24(37(65)50-13-20(3)63)52-38(66)28-16-75-46(57-28)32-19-76-45(59-32)26-12-11-23-35(51-26)27-14-77-47(54-27)34(22(5)72-8)61-40(68)30-18-78-48(58-30)36(49(6,7)71)62-41(69)31-17-74-44(56-31)25(10-2)53-42(70)33(21(4)64)60-39(67)29-15-73-43(23)55-29/h9-12,14-19,21-22,33-34,36,64,71H,13H2,1-8H3,(H,50,65)(H,52,66)(H,53,70)(H,60,67)(H,61,68)(H,62,69)/t21-,22-,33+,34+,36-/m1/s1. The molecule has 8 rings (SSSR count). The Kier molecular flexibility index (Phi) is 17.7. The summed E-state index contributed by atoms with van der Waals surface area (Å²) in [6.45, 7) is 10.4. The van der Waals surface area contributed by atoms with Crippen LogP contribution in [-0.4, -0.2) is 124 Å². The molecule has 1 aliphatic heterocycles. The van der Waals surface area contributed by atoms with Crippen LogP contribution in [-0.2, 0) is 19.1 Å². The fraction of sp³-hybridized carbons (Fsp3) is 0.306. The molecule has 8 heterocycles. The zero-order valence-electron chi connectivity index (χ0n) is 42.6. The third kappa shape index (κ3) is 12.9. The molecule has 7 aromatic heterocycles. The van der Waals surface area contributed by atoms with Crippen molar-refractivity contribution >= 4 is 115 Å². The van der Waals surface area contributed by atoms with E-state index in [-0.39, 0.29) is 56.5 Å². The number of rotatable bonds is 11. The number of ether oxygens (including phenoxy) is 1. The maximum absolute atomic E-state index is 14.1. The van der Waals surface area contributed by atoms with E-state index in [0.29, 0.717) is 48.4 Å². The van der Waals surface area contributed by atoms with Crippen LogP contribution in [0.25, 0.3) is 49.1 Å². The Hall–Kier alpha value is -7.22. The number of aliphatic hydroxyl groups is 2. The van der Waals surface area contributed by atoms with Gasteiger partial charge in [-0.15, -0.1) is 68.0 Å². The van der Waals surface area contributed by atoms with Gasteiger partial charge in [-0.3, -0.25) is 33.6 Å². The number of amides is 6. The number of aliphatic hydroxyl groups excluding tert-OH is 1. The van der Waals surface area contributed by atoms with Crippen molar-refractivity contribution in [2.45, 2.75) is 84.4 Å². The molecule has 0 saturated heterocycles. The molecule has 7 aromatic rings. The highest BCUT2D eigenvalue weighted by Gasteiger charge is 2.36. The number of ketones is 1. The summed E-state index contributed by atoms with van der Waals surface area (Å²) in [6, 6.07) is 0.0561. The number of hydrogen-bond acceptors (Lipinski definition) is 23. The Labute approximate surface area is 468 Å². The van der Waals surface area contributed by atoms with Crippen LogP contribution in [0.3, 0.4) is 0 Å². The molecule has 23 nitrogen and oxygen atoms in total. The molecule has 8 N–H and O–H groups in total. The highest BCUT2D eigenvalue weighted by molar-refractivity contribution is 7.15. The highest BCUT2D eigenvalue weighted by Crippen LogP contribution is 2.39. The number of methoxy groups -OCH3 is 1. The summed E-state index contributed by atoms with van der Waals surface area (Å²) in [6.07, 6.45) is 0.940. The molecular formula is C49H49N13O10S6. The minimum Gasteiger partial charge on any atom is -0.391 e. The van der Waals surface area contributed by atoms with Crippen molar-refractivity contribution in [1.82, 2.24) is 66.8 Å². The molecule has 0 spiro atoms. The molecule has 0 aromatic carbocycles. The van der Waals surface area contributed by atoms with Crippen LogP contribution in [0, 0.1) is 0 Å². The van der Waals surface area contributed by atoms with Gasteiger partial charge in [0.15, 0.2) is 0 Å². The first-order chi connectivity index (χ1) is 37.1. The minimum atomic E-state index is -1.58. The maximum Gasteiger partial charge on any atom is 0.275 e. The zero-order chi connectivity index (χ0) is 56.2. The number of thiazole rings is 6. The average Bonchev–Trinajstić information content (AvgIpc) is 4.28. The summed E-state index contributed by atoms with van der Waals surface area (Å²) in [7, 11) is 1.49. The molecule has 29 heteroatoms. The molecule has 1 aliphatic rings. The van der Waals surface area contributed by atoms with E-state index in [0.717, 1.165) is 45.3 Å². The molecule has 0 saturated carbocycles. The van der Waals surface area contributed by atoms with Gasteiger partial charge in [-0.25, -0.2) is 34.9 Å². The Morgan fingerprint density at radius 1 is 0.705 bits per heavy atom. The lowest BCUT2D eigenvalue weighted by Crippen LogP contribution is -2.52. The molecule has 78 heavy (non-hydrogen) atoms. The van der Waals surface area contributed by atoms with E-state index in [1.54, 1.807) is 49.7 Å². The highest BCUT2D eigenvalue weighted by atomic mass is 32.1. The smallest absolute Gasteiger partial charge is 0.275 e. The van der Waals surface area contributed by atoms with Crippen molar-refractivity contribution in [3.63, 3.8) is 0 Å². The van der Waals surface area contributed by atoms with Crippen LogP contribution in [0.1, 0.15) is 118 Å². The first kappa shape index (κ1) is 57.0. The van der Waals surface area contributed by atoms with Gasteiger partial charge in [0.2, 0.25) is 5.91 Å². The second-order valence-corrected chi connectivity index (χ2v) is 23.0. The number of allylic oxidation sites excluding steroid dienone is 2. The van der Waals surface area contributed by atoms with Gasteiger partial charge in [0.05, 0.1) is 35.7 Å². The van der Waals surface area contributed by atoms with E-state index < -0.39 is 71.4 Å². The summed E-state index contributed by atoms with van der Waals surface area (Å²) < 4.78 is 5.75. The van der Waals surface area contributed by atoms with Crippen LogP contribution < -0.4 is 31.9 Å². The molecule has 8 bridgehead atoms. The molecular weight excluding hydrogens is 1120 g/mol. The number of hydrogen-bond donors (Lipinski definition) is 8. The third-order valence-electron chi connectivity index (χ3n) is 11.5. The van der Waals surface area contributed by atoms with Crippen LogP contribution in [0.5, 0.6) is 0 Å². The van der Waals surface area contributed by atoms with Gasteiger partial charge in [-0.05, 0) is 60.6 Å². The number of fused-ring (bicyclic) bond motifs is 11. The lowest BCUT2D eigenvalue weighted by Gasteiger charge is -2.28. The first-order valence-electron chi connectivity index (χ1n) is 23.5. The van der Waals surface area contributed by atoms with Crippen LogP contribution in [0.4, 0.5) is 0 Å². The Bertz CT molecular complexity index is 3510. The molecule has 406 valence electrons. The molecule has 0 aliphatic carbocycles. The number of nitrogens with zero attached hydrogens (tertiary/aromatic N) is 7. The fourth-order valence-corrected chi connectivity index (χ4v) is 12.5. The number of aromatic nitrogens is 7. The van der Waals surface area contributed by atoms with Crippen LogP contribution in [0.15, 0.2) is 62.3 Å². The van der Waals surface area contributed by atoms with Gasteiger partial charge in [0.25, 0.3) is 29.5 Å². The minimum absolute atomic E-state index is 0.000422. The fourth-order valence-electron chi connectivity index (χ4n) is 7.30. The predicted octanol–water partition coefficient (Wildman–Crippen LogP) is 5.55. The Morgan fingerprint density at radius 2 is 1.27 bits per heavy atom. The van der Waals surface area contributed by atoms with Crippen molar-refractivity contribution < 1.29 is 48.5 Å². The molecule has 0 fully saturated rings. The van der Waals surface area contributed by atoms with Crippen molar-refractivity contribution in [2.75, 3.05) is 13.7 Å². The van der Waals surface area contributed by atoms with Crippen LogP contribution >= 0.6 is 68.0 Å². The zero-order valence-corrected chi connectivity index (χ0v) is 47.5. The third-order valence-corrected chi connectivity index (χ3v) is 16.8. The van der Waals surface area contributed by atoms with E-state index >= 15 is 0 Å². The Morgan fingerprint density at radius 3 is 1.94 bits per heavy atom. The maximum atomic E-state index is 14.1. The second kappa shape index (κ2) is 24.2. The Balaban J connectivity index is 1.16. The van der Waals surface area contributed by atoms with E-state index in [2.05, 4.69) is 51.8 Å². The predicted molar refractivity (Wildman–Crippen MR) is 296 cm³/mol.